The van der Waals surface area contributed by atoms with E-state index in [9.17, 15) is 9.59 Å². The maximum atomic E-state index is 12.4. The summed E-state index contributed by atoms with van der Waals surface area (Å²) in [4.78, 5) is 30.6. The quantitative estimate of drug-likeness (QED) is 0.742. The van der Waals surface area contributed by atoms with Gasteiger partial charge in [-0.15, -0.1) is 0 Å². The summed E-state index contributed by atoms with van der Waals surface area (Å²) < 4.78 is 8.37. The molecule has 3 heterocycles. The predicted octanol–water partition coefficient (Wildman–Crippen LogP) is 1.75. The molecule has 8 heteroatoms. The summed E-state index contributed by atoms with van der Waals surface area (Å²) in [7, 11) is 0. The smallest absolute Gasteiger partial charge is 0.225 e. The normalized spacial score (nSPS) is 17.0. The van der Waals surface area contributed by atoms with Crippen molar-refractivity contribution in [3.05, 3.63) is 53.9 Å². The summed E-state index contributed by atoms with van der Waals surface area (Å²) >= 11 is 1.17. The number of benzene rings is 1. The molecule has 0 spiro atoms. The number of fused-ring (bicyclic) bond motifs is 1. The van der Waals surface area contributed by atoms with Crippen molar-refractivity contribution in [2.45, 2.75) is 19.5 Å². The highest BCUT2D eigenvalue weighted by Gasteiger charge is 2.34. The van der Waals surface area contributed by atoms with Crippen LogP contribution in [0.15, 0.2) is 42.6 Å². The fraction of sp³-hybridized carbons (Fsp3) is 0.278. The number of nitrogens with zero attached hydrogens (tertiary/aromatic N) is 4. The highest BCUT2D eigenvalue weighted by molar-refractivity contribution is 7.00. The van der Waals surface area contributed by atoms with Gasteiger partial charge in [0, 0.05) is 25.7 Å². The van der Waals surface area contributed by atoms with Gasteiger partial charge >= 0.3 is 0 Å². The largest absolute Gasteiger partial charge is 0.352 e. The molecule has 0 radical (unpaired) electrons. The molecule has 26 heavy (non-hydrogen) atoms. The monoisotopic (exact) mass is 367 g/mol. The third kappa shape index (κ3) is 3.55. The first kappa shape index (κ1) is 16.6. The molecule has 1 fully saturated rings. The molecule has 1 aliphatic rings. The number of hydrogen-bond donors (Lipinski definition) is 1. The first-order valence-corrected chi connectivity index (χ1v) is 9.08. The van der Waals surface area contributed by atoms with E-state index in [1.165, 1.54) is 11.7 Å². The van der Waals surface area contributed by atoms with E-state index in [4.69, 9.17) is 0 Å². The molecular weight excluding hydrogens is 350 g/mol. The van der Waals surface area contributed by atoms with Gasteiger partial charge in [-0.3, -0.25) is 14.6 Å². The van der Waals surface area contributed by atoms with Crippen molar-refractivity contribution >= 4 is 34.6 Å². The van der Waals surface area contributed by atoms with E-state index in [1.807, 2.05) is 36.4 Å². The lowest BCUT2D eigenvalue weighted by Gasteiger charge is -2.16. The van der Waals surface area contributed by atoms with E-state index in [2.05, 4.69) is 19.0 Å². The Labute approximate surface area is 154 Å². The Kier molecular flexibility index (Phi) is 4.57. The van der Waals surface area contributed by atoms with Crippen LogP contribution in [0.2, 0.25) is 0 Å². The Bertz CT molecular complexity index is 943. The lowest BCUT2D eigenvalue weighted by molar-refractivity contribution is -0.129. The van der Waals surface area contributed by atoms with Crippen molar-refractivity contribution in [2.75, 3.05) is 6.54 Å². The Morgan fingerprint density at radius 3 is 2.96 bits per heavy atom. The van der Waals surface area contributed by atoms with Crippen LogP contribution in [-0.4, -0.2) is 37.0 Å². The number of amides is 2. The van der Waals surface area contributed by atoms with Gasteiger partial charge in [-0.2, -0.15) is 8.75 Å². The zero-order valence-corrected chi connectivity index (χ0v) is 14.8. The standard InChI is InChI=1S/C18H17N5O2S/c24-17-8-13(10-23(17)11-14-3-1-2-6-19-14)18(25)20-9-12-4-5-15-16(7-12)22-26-21-15/h1-7,13H,8-11H2,(H,20,25)/t13-/m0/s1. The Balaban J connectivity index is 1.34. The predicted molar refractivity (Wildman–Crippen MR) is 97.0 cm³/mol. The van der Waals surface area contributed by atoms with Crippen molar-refractivity contribution in [1.82, 2.24) is 23.9 Å². The van der Waals surface area contributed by atoms with E-state index in [-0.39, 0.29) is 24.2 Å². The summed E-state index contributed by atoms with van der Waals surface area (Å²) in [6.45, 7) is 1.28. The van der Waals surface area contributed by atoms with Gasteiger partial charge in [0.05, 0.1) is 29.9 Å². The van der Waals surface area contributed by atoms with E-state index in [0.29, 0.717) is 19.6 Å². The molecule has 0 bridgehead atoms. The third-order valence-corrected chi connectivity index (χ3v) is 5.01. The highest BCUT2D eigenvalue weighted by Crippen LogP contribution is 2.20. The van der Waals surface area contributed by atoms with E-state index in [1.54, 1.807) is 11.1 Å². The number of hydrogen-bond acceptors (Lipinski definition) is 6. The molecule has 2 amide bonds. The minimum atomic E-state index is -0.323. The maximum absolute atomic E-state index is 12.4. The number of carbonyl (C=O) groups is 2. The van der Waals surface area contributed by atoms with Gasteiger partial charge in [0.1, 0.15) is 11.0 Å². The number of likely N-dealkylation sites (tertiary alicyclic amines) is 1. The van der Waals surface area contributed by atoms with Gasteiger partial charge in [-0.25, -0.2) is 0 Å². The zero-order valence-electron chi connectivity index (χ0n) is 14.0. The number of rotatable bonds is 5. The van der Waals surface area contributed by atoms with Gasteiger partial charge in [0.2, 0.25) is 11.8 Å². The van der Waals surface area contributed by atoms with Crippen molar-refractivity contribution in [1.29, 1.82) is 0 Å². The summed E-state index contributed by atoms with van der Waals surface area (Å²) in [5.41, 5.74) is 3.48. The number of aromatic nitrogens is 3. The maximum Gasteiger partial charge on any atom is 0.225 e. The van der Waals surface area contributed by atoms with Crippen molar-refractivity contribution < 1.29 is 9.59 Å². The zero-order chi connectivity index (χ0) is 17.9. The lowest BCUT2D eigenvalue weighted by Crippen LogP contribution is -2.32. The summed E-state index contributed by atoms with van der Waals surface area (Å²) in [6, 6.07) is 11.4. The molecule has 132 valence electrons. The first-order chi connectivity index (χ1) is 12.7. The summed E-state index contributed by atoms with van der Waals surface area (Å²) in [5.74, 6) is -0.431. The molecule has 1 aromatic carbocycles. The molecule has 7 nitrogen and oxygen atoms in total. The second-order valence-corrected chi connectivity index (χ2v) is 6.83. The SMILES string of the molecule is O=C(NCc1ccc2nsnc2c1)[C@H]1CC(=O)N(Cc2ccccn2)C1. The fourth-order valence-electron chi connectivity index (χ4n) is 3.06. The second-order valence-electron chi connectivity index (χ2n) is 6.30. The van der Waals surface area contributed by atoms with Crippen LogP contribution in [0, 0.1) is 5.92 Å². The van der Waals surface area contributed by atoms with Crippen LogP contribution in [0.5, 0.6) is 0 Å². The van der Waals surface area contributed by atoms with Gasteiger partial charge in [-0.1, -0.05) is 12.1 Å². The van der Waals surface area contributed by atoms with Crippen LogP contribution < -0.4 is 5.32 Å². The molecule has 0 aliphatic carbocycles. The van der Waals surface area contributed by atoms with Crippen molar-refractivity contribution in [2.24, 2.45) is 5.92 Å². The van der Waals surface area contributed by atoms with Crippen LogP contribution in [0.4, 0.5) is 0 Å². The Hall–Kier alpha value is -2.87. The van der Waals surface area contributed by atoms with Crippen LogP contribution in [0.1, 0.15) is 17.7 Å². The fourth-order valence-corrected chi connectivity index (χ4v) is 3.58. The van der Waals surface area contributed by atoms with E-state index >= 15 is 0 Å². The average molecular weight is 367 g/mol. The number of pyridine rings is 1. The van der Waals surface area contributed by atoms with Crippen LogP contribution in [-0.2, 0) is 22.7 Å². The van der Waals surface area contributed by atoms with Gasteiger partial charge in [0.25, 0.3) is 0 Å². The average Bonchev–Trinajstić information content (AvgIpc) is 3.27. The van der Waals surface area contributed by atoms with Crippen molar-refractivity contribution in [3.8, 4) is 0 Å². The third-order valence-electron chi connectivity index (χ3n) is 4.45. The molecule has 0 saturated carbocycles. The van der Waals surface area contributed by atoms with E-state index < -0.39 is 0 Å². The van der Waals surface area contributed by atoms with Crippen molar-refractivity contribution in [3.63, 3.8) is 0 Å². The van der Waals surface area contributed by atoms with Gasteiger partial charge in [-0.05, 0) is 29.8 Å². The molecule has 2 aromatic heterocycles. The molecule has 1 N–H and O–H groups in total. The number of carbonyl (C=O) groups excluding carboxylic acids is 2. The number of nitrogens with one attached hydrogen (secondary N) is 1. The molecule has 1 atom stereocenters. The summed E-state index contributed by atoms with van der Waals surface area (Å²) in [5, 5.41) is 2.92. The minimum absolute atomic E-state index is 0.00855. The van der Waals surface area contributed by atoms with E-state index in [0.717, 1.165) is 22.3 Å². The molecule has 3 aromatic rings. The Morgan fingerprint density at radius 2 is 2.12 bits per heavy atom. The lowest BCUT2D eigenvalue weighted by atomic mass is 10.1. The second kappa shape index (κ2) is 7.17. The van der Waals surface area contributed by atoms with Crippen LogP contribution >= 0.6 is 11.7 Å². The van der Waals surface area contributed by atoms with Crippen LogP contribution in [0.25, 0.3) is 11.0 Å². The minimum Gasteiger partial charge on any atom is -0.352 e. The topological polar surface area (TPSA) is 88.1 Å². The summed E-state index contributed by atoms with van der Waals surface area (Å²) in [6.07, 6.45) is 1.95. The molecular formula is C18H17N5O2S. The highest BCUT2D eigenvalue weighted by atomic mass is 32.1. The Morgan fingerprint density at radius 1 is 1.23 bits per heavy atom. The van der Waals surface area contributed by atoms with Crippen LogP contribution in [0.3, 0.4) is 0 Å². The van der Waals surface area contributed by atoms with Gasteiger partial charge in [0.15, 0.2) is 0 Å². The first-order valence-electron chi connectivity index (χ1n) is 8.35. The molecule has 1 aliphatic heterocycles. The molecule has 1 saturated heterocycles. The molecule has 4 rings (SSSR count). The van der Waals surface area contributed by atoms with Gasteiger partial charge < -0.3 is 10.2 Å². The molecule has 0 unspecified atom stereocenters.